The molecule has 1 aliphatic rings. The molecule has 0 N–H and O–H groups in total. The highest BCUT2D eigenvalue weighted by Crippen LogP contribution is 2.40. The van der Waals surface area contributed by atoms with Crippen molar-refractivity contribution in [2.45, 2.75) is 53.6 Å². The number of amides is 2. The van der Waals surface area contributed by atoms with Crippen molar-refractivity contribution in [2.24, 2.45) is 5.41 Å². The number of fused-ring (bicyclic) bond motifs is 2. The number of carbonyl (C=O) groups excluding carboxylic acids is 2. The Balaban J connectivity index is 0.00000288. The highest BCUT2D eigenvalue weighted by molar-refractivity contribution is 6.20. The summed E-state index contributed by atoms with van der Waals surface area (Å²) in [5.74, 6) is 0.176. The smallest absolute Gasteiger partial charge is 0.261 e. The number of pyridine rings is 2. The van der Waals surface area contributed by atoms with Gasteiger partial charge in [-0.3, -0.25) is 24.3 Å². The van der Waals surface area contributed by atoms with Crippen molar-refractivity contribution in [1.82, 2.24) is 14.5 Å². The molecule has 1 aliphatic heterocycles. The molecule has 0 radical (unpaired) electrons. The van der Waals surface area contributed by atoms with Crippen LogP contribution in [0.1, 0.15) is 45.4 Å². The Kier molecular flexibility index (Phi) is 12.4. The largest absolute Gasteiger partial charge is 0.493 e. The second-order valence-electron chi connectivity index (χ2n) is 11.6. The summed E-state index contributed by atoms with van der Waals surface area (Å²) in [6, 6.07) is 13.1. The maximum atomic E-state index is 13.2. The van der Waals surface area contributed by atoms with Crippen molar-refractivity contribution < 1.29 is 18.7 Å². The Morgan fingerprint density at radius 3 is 2.50 bits per heavy atom. The van der Waals surface area contributed by atoms with Gasteiger partial charge < -0.3 is 23.5 Å². The highest BCUT2D eigenvalue weighted by Gasteiger charge is 2.45. The SMILES string of the molecule is CCc1ncccc1CN(CCCOc1ccc2c(c1)N(C)C(=O)C(C)(C)C(=O)N2CC)CCn1ccc2occc2c1=O.Cl.Cl. The predicted octanol–water partition coefficient (Wildman–Crippen LogP) is 5.72. The van der Waals surface area contributed by atoms with Crippen LogP contribution in [0, 0.1) is 5.41 Å². The molecular formula is C34H43Cl2N5O5. The maximum Gasteiger partial charge on any atom is 0.261 e. The summed E-state index contributed by atoms with van der Waals surface area (Å²) in [6.45, 7) is 10.9. The first kappa shape index (κ1) is 36.6. The second-order valence-corrected chi connectivity index (χ2v) is 11.6. The first-order chi connectivity index (χ1) is 21.1. The Morgan fingerprint density at radius 1 is 0.978 bits per heavy atom. The van der Waals surface area contributed by atoms with Crippen LogP contribution in [0.4, 0.5) is 11.4 Å². The molecular weight excluding hydrogens is 629 g/mol. The summed E-state index contributed by atoms with van der Waals surface area (Å²) in [6.07, 6.45) is 6.73. The van der Waals surface area contributed by atoms with Gasteiger partial charge in [-0.25, -0.2) is 0 Å². The van der Waals surface area contributed by atoms with Crippen molar-refractivity contribution in [3.8, 4) is 5.75 Å². The number of halogens is 2. The lowest BCUT2D eigenvalue weighted by molar-refractivity contribution is -0.137. The van der Waals surface area contributed by atoms with E-state index in [1.165, 1.54) is 11.8 Å². The van der Waals surface area contributed by atoms with Crippen LogP contribution in [0.2, 0.25) is 0 Å². The fourth-order valence-electron chi connectivity index (χ4n) is 5.83. The van der Waals surface area contributed by atoms with Crippen molar-refractivity contribution in [3.63, 3.8) is 0 Å². The van der Waals surface area contributed by atoms with Gasteiger partial charge in [-0.05, 0) is 69.5 Å². The van der Waals surface area contributed by atoms with Crippen LogP contribution < -0.4 is 20.1 Å². The lowest BCUT2D eigenvalue weighted by atomic mass is 9.90. The Labute approximate surface area is 282 Å². The minimum Gasteiger partial charge on any atom is -0.493 e. The number of carbonyl (C=O) groups is 2. The third kappa shape index (κ3) is 7.40. The number of furan rings is 1. The fourth-order valence-corrected chi connectivity index (χ4v) is 5.83. The van der Waals surface area contributed by atoms with Gasteiger partial charge in [0, 0.05) is 63.9 Å². The topological polar surface area (TPSA) is 101 Å². The average Bonchev–Trinajstić information content (AvgIpc) is 3.51. The molecule has 248 valence electrons. The van der Waals surface area contributed by atoms with Gasteiger partial charge in [-0.15, -0.1) is 24.8 Å². The highest BCUT2D eigenvalue weighted by atomic mass is 35.5. The van der Waals surface area contributed by atoms with Gasteiger partial charge in [0.25, 0.3) is 5.56 Å². The lowest BCUT2D eigenvalue weighted by Crippen LogP contribution is -2.47. The molecule has 46 heavy (non-hydrogen) atoms. The summed E-state index contributed by atoms with van der Waals surface area (Å²) in [5, 5.41) is 0.580. The molecule has 0 fully saturated rings. The van der Waals surface area contributed by atoms with E-state index in [-0.39, 0.29) is 42.2 Å². The average molecular weight is 673 g/mol. The van der Waals surface area contributed by atoms with E-state index in [9.17, 15) is 14.4 Å². The van der Waals surface area contributed by atoms with Gasteiger partial charge in [-0.2, -0.15) is 0 Å². The van der Waals surface area contributed by atoms with Crippen LogP contribution in [0.5, 0.6) is 5.75 Å². The van der Waals surface area contributed by atoms with Crippen LogP contribution in [0.15, 0.2) is 70.3 Å². The van der Waals surface area contributed by atoms with E-state index in [0.29, 0.717) is 60.9 Å². The van der Waals surface area contributed by atoms with E-state index in [0.717, 1.165) is 25.1 Å². The Bertz CT molecular complexity index is 1720. The summed E-state index contributed by atoms with van der Waals surface area (Å²) in [7, 11) is 1.70. The van der Waals surface area contributed by atoms with Crippen molar-refractivity contribution in [2.75, 3.05) is 43.1 Å². The van der Waals surface area contributed by atoms with E-state index >= 15 is 0 Å². The minimum absolute atomic E-state index is 0. The first-order valence-electron chi connectivity index (χ1n) is 15.2. The molecule has 10 nitrogen and oxygen atoms in total. The number of rotatable bonds is 12. The molecule has 3 aromatic heterocycles. The second kappa shape index (κ2) is 15.6. The number of anilines is 2. The first-order valence-corrected chi connectivity index (χ1v) is 15.2. The summed E-state index contributed by atoms with van der Waals surface area (Å²) < 4.78 is 13.3. The molecule has 4 aromatic rings. The molecule has 0 bridgehead atoms. The van der Waals surface area contributed by atoms with Crippen LogP contribution in [0.3, 0.4) is 0 Å². The normalized spacial score (nSPS) is 14.1. The van der Waals surface area contributed by atoms with Crippen LogP contribution >= 0.6 is 24.8 Å². The van der Waals surface area contributed by atoms with E-state index < -0.39 is 5.41 Å². The van der Waals surface area contributed by atoms with Crippen LogP contribution in [-0.2, 0) is 29.1 Å². The molecule has 0 saturated heterocycles. The molecule has 0 saturated carbocycles. The van der Waals surface area contributed by atoms with E-state index in [1.807, 2.05) is 43.5 Å². The number of aryl methyl sites for hydroxylation is 1. The molecule has 0 aliphatic carbocycles. The summed E-state index contributed by atoms with van der Waals surface area (Å²) >= 11 is 0. The molecule has 12 heteroatoms. The van der Waals surface area contributed by atoms with E-state index in [1.54, 1.807) is 47.5 Å². The third-order valence-corrected chi connectivity index (χ3v) is 8.38. The molecule has 0 spiro atoms. The summed E-state index contributed by atoms with van der Waals surface area (Å²) in [5.41, 5.74) is 2.96. The van der Waals surface area contributed by atoms with Gasteiger partial charge in [-0.1, -0.05) is 13.0 Å². The van der Waals surface area contributed by atoms with Gasteiger partial charge >= 0.3 is 0 Å². The van der Waals surface area contributed by atoms with Crippen LogP contribution in [0.25, 0.3) is 11.0 Å². The zero-order valence-electron chi connectivity index (χ0n) is 27.0. The van der Waals surface area contributed by atoms with Crippen molar-refractivity contribution in [1.29, 1.82) is 0 Å². The molecule has 1 aromatic carbocycles. The number of hydrogen-bond donors (Lipinski definition) is 0. The molecule has 5 rings (SSSR count). The Morgan fingerprint density at radius 2 is 1.76 bits per heavy atom. The van der Waals surface area contributed by atoms with Gasteiger partial charge in [0.2, 0.25) is 11.8 Å². The van der Waals surface area contributed by atoms with Gasteiger partial charge in [0.1, 0.15) is 16.7 Å². The number of aromatic nitrogens is 2. The van der Waals surface area contributed by atoms with Crippen molar-refractivity contribution >= 4 is 59.0 Å². The quantitative estimate of drug-likeness (QED) is 0.140. The third-order valence-electron chi connectivity index (χ3n) is 8.38. The monoisotopic (exact) mass is 671 g/mol. The number of benzene rings is 1. The molecule has 2 amide bonds. The van der Waals surface area contributed by atoms with E-state index in [2.05, 4.69) is 22.9 Å². The molecule has 4 heterocycles. The van der Waals surface area contributed by atoms with E-state index in [4.69, 9.17) is 9.15 Å². The predicted molar refractivity (Wildman–Crippen MR) is 186 cm³/mol. The standard InChI is InChI=1S/C34H41N5O5.2ClH/c1-6-27-24(10-8-15-35-27)23-37(18-19-38-17-13-30-26(31(38)40)14-21-44-30)16-9-20-43-25-11-12-28-29(22-25)36(5)32(41)34(3,4)33(42)39(28)7-2;;/h8,10-15,17,21-22H,6-7,9,16,18-20,23H2,1-5H3;2*1H. The van der Waals surface area contributed by atoms with Gasteiger partial charge in [0.15, 0.2) is 0 Å². The van der Waals surface area contributed by atoms with Crippen molar-refractivity contribution in [3.05, 3.63) is 82.7 Å². The number of hydrogen-bond acceptors (Lipinski definition) is 7. The Hall–Kier alpha value is -3.86. The van der Waals surface area contributed by atoms with Gasteiger partial charge in [0.05, 0.1) is 29.6 Å². The molecule has 0 atom stereocenters. The number of nitrogens with zero attached hydrogens (tertiary/aromatic N) is 5. The zero-order chi connectivity index (χ0) is 31.4. The number of ether oxygens (including phenoxy) is 1. The fraction of sp³-hybridized carbons (Fsp3) is 0.412. The van der Waals surface area contributed by atoms with Crippen LogP contribution in [-0.4, -0.2) is 59.6 Å². The lowest BCUT2D eigenvalue weighted by Gasteiger charge is -2.27. The summed E-state index contributed by atoms with van der Waals surface area (Å²) in [4.78, 5) is 49.4. The molecule has 0 unspecified atom stereocenters. The maximum absolute atomic E-state index is 13.2. The zero-order valence-corrected chi connectivity index (χ0v) is 28.7. The minimum atomic E-state index is -1.16.